The van der Waals surface area contributed by atoms with Crippen LogP contribution in [0.1, 0.15) is 10.4 Å². The largest absolute Gasteiger partial charge is 0.493 e. The Morgan fingerprint density at radius 3 is 2.43 bits per heavy atom. The van der Waals surface area contributed by atoms with Crippen LogP contribution in [0.25, 0.3) is 0 Å². The second kappa shape index (κ2) is 7.19. The smallest absolute Gasteiger partial charge is 0.335 e. The number of methoxy groups -OCH3 is 1. The first kappa shape index (κ1) is 14.7. The minimum absolute atomic E-state index is 0.193. The third kappa shape index (κ3) is 4.14. The molecule has 0 fully saturated rings. The van der Waals surface area contributed by atoms with Gasteiger partial charge in [0.2, 0.25) is 0 Å². The average molecular weight is 288 g/mol. The number of hydrogen-bond donors (Lipinski definition) is 1. The molecule has 5 nitrogen and oxygen atoms in total. The van der Waals surface area contributed by atoms with E-state index in [2.05, 4.69) is 0 Å². The highest BCUT2D eigenvalue weighted by Gasteiger charge is 2.05. The molecule has 0 unspecified atom stereocenters. The lowest BCUT2D eigenvalue weighted by Crippen LogP contribution is -2.10. The molecule has 0 saturated heterocycles. The van der Waals surface area contributed by atoms with E-state index in [1.165, 1.54) is 12.1 Å². The van der Waals surface area contributed by atoms with E-state index >= 15 is 0 Å². The van der Waals surface area contributed by atoms with Crippen LogP contribution in [-0.2, 0) is 0 Å². The highest BCUT2D eigenvalue weighted by Crippen LogP contribution is 2.25. The van der Waals surface area contributed by atoms with Crippen LogP contribution < -0.4 is 14.2 Å². The lowest BCUT2D eigenvalue weighted by Gasteiger charge is -2.11. The number of hydrogen-bond acceptors (Lipinski definition) is 4. The summed E-state index contributed by atoms with van der Waals surface area (Å²) in [4.78, 5) is 10.8. The first-order valence-electron chi connectivity index (χ1n) is 6.42. The Morgan fingerprint density at radius 1 is 1.00 bits per heavy atom. The summed E-state index contributed by atoms with van der Waals surface area (Å²) >= 11 is 0. The number of ether oxygens (including phenoxy) is 3. The lowest BCUT2D eigenvalue weighted by molar-refractivity contribution is 0.0696. The van der Waals surface area contributed by atoms with Gasteiger partial charge >= 0.3 is 5.97 Å². The number of rotatable bonds is 7. The summed E-state index contributed by atoms with van der Waals surface area (Å²) < 4.78 is 16.2. The van der Waals surface area contributed by atoms with Gasteiger partial charge in [-0.15, -0.1) is 0 Å². The summed E-state index contributed by atoms with van der Waals surface area (Å²) in [5, 5.41) is 8.89. The molecule has 21 heavy (non-hydrogen) atoms. The highest BCUT2D eigenvalue weighted by atomic mass is 16.5. The molecule has 5 heteroatoms. The molecule has 0 aliphatic heterocycles. The molecule has 110 valence electrons. The van der Waals surface area contributed by atoms with Gasteiger partial charge in [-0.05, 0) is 30.3 Å². The summed E-state index contributed by atoms with van der Waals surface area (Å²) in [6.07, 6.45) is 0. The molecule has 0 aliphatic carbocycles. The Bertz CT molecular complexity index is 609. The van der Waals surface area contributed by atoms with Gasteiger partial charge in [-0.3, -0.25) is 0 Å². The monoisotopic (exact) mass is 288 g/mol. The first-order chi connectivity index (χ1) is 10.2. The van der Waals surface area contributed by atoms with Crippen molar-refractivity contribution >= 4 is 5.97 Å². The Labute approximate surface area is 122 Å². The number of para-hydroxylation sites is 2. The Balaban J connectivity index is 1.85. The van der Waals surface area contributed by atoms with Crippen molar-refractivity contribution in [3.05, 3.63) is 54.1 Å². The molecule has 0 aliphatic rings. The van der Waals surface area contributed by atoms with Crippen molar-refractivity contribution in [2.75, 3.05) is 20.3 Å². The summed E-state index contributed by atoms with van der Waals surface area (Å²) in [7, 11) is 1.58. The van der Waals surface area contributed by atoms with Crippen molar-refractivity contribution in [2.24, 2.45) is 0 Å². The maximum absolute atomic E-state index is 10.8. The maximum atomic E-state index is 10.8. The highest BCUT2D eigenvalue weighted by molar-refractivity contribution is 5.87. The van der Waals surface area contributed by atoms with E-state index < -0.39 is 5.97 Å². The topological polar surface area (TPSA) is 65.0 Å². The van der Waals surface area contributed by atoms with Crippen LogP contribution in [0, 0.1) is 0 Å². The zero-order chi connectivity index (χ0) is 15.1. The second-order valence-corrected chi connectivity index (χ2v) is 4.18. The van der Waals surface area contributed by atoms with E-state index in [9.17, 15) is 4.79 Å². The molecule has 0 heterocycles. The van der Waals surface area contributed by atoms with Crippen LogP contribution >= 0.6 is 0 Å². The first-order valence-corrected chi connectivity index (χ1v) is 6.42. The summed E-state index contributed by atoms with van der Waals surface area (Å²) in [5.41, 5.74) is 0.193. The zero-order valence-corrected chi connectivity index (χ0v) is 11.6. The van der Waals surface area contributed by atoms with Crippen LogP contribution in [-0.4, -0.2) is 31.4 Å². The third-order valence-electron chi connectivity index (χ3n) is 2.76. The van der Waals surface area contributed by atoms with Gasteiger partial charge in [0, 0.05) is 0 Å². The van der Waals surface area contributed by atoms with Gasteiger partial charge in [0.1, 0.15) is 19.0 Å². The standard InChI is InChI=1S/C16H16O5/c1-19-14-7-2-3-8-15(14)21-10-9-20-13-6-4-5-12(11-13)16(17)18/h2-8,11H,9-10H2,1H3,(H,17,18). The molecule has 0 atom stereocenters. The van der Waals surface area contributed by atoms with Gasteiger partial charge in [-0.2, -0.15) is 0 Å². The zero-order valence-electron chi connectivity index (χ0n) is 11.6. The molecule has 0 bridgehead atoms. The number of benzene rings is 2. The number of carboxylic acids is 1. The molecular formula is C16H16O5. The predicted octanol–water partition coefficient (Wildman–Crippen LogP) is 2.85. The normalized spacial score (nSPS) is 9.95. The van der Waals surface area contributed by atoms with Gasteiger partial charge < -0.3 is 19.3 Å². The fourth-order valence-electron chi connectivity index (χ4n) is 1.77. The fraction of sp³-hybridized carbons (Fsp3) is 0.188. The Hall–Kier alpha value is -2.69. The Kier molecular flexibility index (Phi) is 5.04. The lowest BCUT2D eigenvalue weighted by atomic mass is 10.2. The molecule has 0 spiro atoms. The predicted molar refractivity (Wildman–Crippen MR) is 77.4 cm³/mol. The van der Waals surface area contributed by atoms with Crippen molar-refractivity contribution < 1.29 is 24.1 Å². The van der Waals surface area contributed by atoms with Gasteiger partial charge in [0.25, 0.3) is 0 Å². The van der Waals surface area contributed by atoms with Gasteiger partial charge in [-0.1, -0.05) is 18.2 Å². The molecule has 0 saturated carbocycles. The van der Waals surface area contributed by atoms with E-state index in [-0.39, 0.29) is 5.56 Å². The van der Waals surface area contributed by atoms with Crippen molar-refractivity contribution in [3.8, 4) is 17.2 Å². The SMILES string of the molecule is COc1ccccc1OCCOc1cccc(C(=O)O)c1. The summed E-state index contributed by atoms with van der Waals surface area (Å²) in [6.45, 7) is 0.638. The second-order valence-electron chi connectivity index (χ2n) is 4.18. The molecule has 2 rings (SSSR count). The summed E-state index contributed by atoms with van der Waals surface area (Å²) in [6, 6.07) is 13.7. The van der Waals surface area contributed by atoms with Crippen LogP contribution in [0.3, 0.4) is 0 Å². The van der Waals surface area contributed by atoms with E-state index in [4.69, 9.17) is 19.3 Å². The molecule has 0 aromatic heterocycles. The van der Waals surface area contributed by atoms with E-state index in [1.54, 1.807) is 19.2 Å². The molecular weight excluding hydrogens is 272 g/mol. The Morgan fingerprint density at radius 2 is 1.71 bits per heavy atom. The van der Waals surface area contributed by atoms with Gasteiger partial charge in [0.15, 0.2) is 11.5 Å². The number of carboxylic acid groups (broad SMARTS) is 1. The van der Waals surface area contributed by atoms with E-state index in [1.807, 2.05) is 24.3 Å². The van der Waals surface area contributed by atoms with Crippen molar-refractivity contribution in [2.45, 2.75) is 0 Å². The minimum atomic E-state index is -0.981. The van der Waals surface area contributed by atoms with Crippen molar-refractivity contribution in [1.29, 1.82) is 0 Å². The molecule has 0 radical (unpaired) electrons. The van der Waals surface area contributed by atoms with Crippen LogP contribution in [0.2, 0.25) is 0 Å². The molecule has 1 N–H and O–H groups in total. The quantitative estimate of drug-likeness (QED) is 0.794. The van der Waals surface area contributed by atoms with Crippen LogP contribution in [0.4, 0.5) is 0 Å². The fourth-order valence-corrected chi connectivity index (χ4v) is 1.77. The molecule has 2 aromatic rings. The van der Waals surface area contributed by atoms with E-state index in [0.717, 1.165) is 0 Å². The van der Waals surface area contributed by atoms with E-state index in [0.29, 0.717) is 30.5 Å². The van der Waals surface area contributed by atoms with Crippen molar-refractivity contribution in [1.82, 2.24) is 0 Å². The maximum Gasteiger partial charge on any atom is 0.335 e. The number of carbonyl (C=O) groups is 1. The minimum Gasteiger partial charge on any atom is -0.493 e. The van der Waals surface area contributed by atoms with Crippen LogP contribution in [0.15, 0.2) is 48.5 Å². The van der Waals surface area contributed by atoms with Crippen LogP contribution in [0.5, 0.6) is 17.2 Å². The third-order valence-corrected chi connectivity index (χ3v) is 2.76. The van der Waals surface area contributed by atoms with Gasteiger partial charge in [0.05, 0.1) is 12.7 Å². The molecule has 2 aromatic carbocycles. The average Bonchev–Trinajstić information content (AvgIpc) is 2.52. The number of aromatic carboxylic acids is 1. The molecule has 0 amide bonds. The van der Waals surface area contributed by atoms with Gasteiger partial charge in [-0.25, -0.2) is 4.79 Å². The summed E-state index contributed by atoms with van der Waals surface area (Å²) in [5.74, 6) is 0.817. The van der Waals surface area contributed by atoms with Crippen molar-refractivity contribution in [3.63, 3.8) is 0 Å².